The highest BCUT2D eigenvalue weighted by Gasteiger charge is 2.47. The molecular formula is C30H42ClN3O4S. The fourth-order valence-electron chi connectivity index (χ4n) is 5.72. The fourth-order valence-corrected chi connectivity index (χ4v) is 6.35. The molecule has 2 saturated heterocycles. The van der Waals surface area contributed by atoms with Gasteiger partial charge in [-0.1, -0.05) is 56.3 Å². The van der Waals surface area contributed by atoms with E-state index >= 15 is 0 Å². The summed E-state index contributed by atoms with van der Waals surface area (Å²) in [6.07, 6.45) is 5.14. The largest absolute Gasteiger partial charge is 0.349 e. The molecule has 0 aliphatic carbocycles. The highest BCUT2D eigenvalue weighted by molar-refractivity contribution is 7.90. The monoisotopic (exact) mass is 575 g/mol. The lowest BCUT2D eigenvalue weighted by molar-refractivity contribution is -0.139. The molecule has 0 bridgehead atoms. The molecule has 0 radical (unpaired) electrons. The van der Waals surface area contributed by atoms with Crippen LogP contribution in [0.3, 0.4) is 0 Å². The molecule has 2 aliphatic heterocycles. The summed E-state index contributed by atoms with van der Waals surface area (Å²) >= 11 is 0. The van der Waals surface area contributed by atoms with Gasteiger partial charge in [0.05, 0.1) is 16.4 Å². The van der Waals surface area contributed by atoms with Gasteiger partial charge in [0.1, 0.15) is 0 Å². The van der Waals surface area contributed by atoms with Crippen LogP contribution >= 0.6 is 12.4 Å². The van der Waals surface area contributed by atoms with Crippen molar-refractivity contribution in [2.24, 2.45) is 11.3 Å². The molecule has 214 valence electrons. The summed E-state index contributed by atoms with van der Waals surface area (Å²) in [7, 11) is -3.23. The van der Waals surface area contributed by atoms with Gasteiger partial charge < -0.3 is 15.1 Å². The van der Waals surface area contributed by atoms with E-state index in [-0.39, 0.29) is 35.7 Å². The Balaban J connectivity index is 0.00000420. The Morgan fingerprint density at radius 2 is 1.59 bits per heavy atom. The summed E-state index contributed by atoms with van der Waals surface area (Å²) in [6, 6.07) is 17.0. The maximum absolute atomic E-state index is 13.4. The fraction of sp³-hybridized carbons (Fsp3) is 0.533. The third-order valence-electron chi connectivity index (χ3n) is 8.00. The van der Waals surface area contributed by atoms with E-state index in [2.05, 4.69) is 36.2 Å². The first-order valence-corrected chi connectivity index (χ1v) is 15.6. The second kappa shape index (κ2) is 13.3. The molecular weight excluding hydrogens is 534 g/mol. The van der Waals surface area contributed by atoms with Crippen LogP contribution in [-0.2, 0) is 26.0 Å². The van der Waals surface area contributed by atoms with Gasteiger partial charge in [-0.15, -0.1) is 12.4 Å². The van der Waals surface area contributed by atoms with E-state index in [1.165, 1.54) is 6.26 Å². The predicted molar refractivity (Wildman–Crippen MR) is 156 cm³/mol. The first-order chi connectivity index (χ1) is 18.1. The van der Waals surface area contributed by atoms with Crippen LogP contribution in [0.1, 0.15) is 63.1 Å². The van der Waals surface area contributed by atoms with Gasteiger partial charge in [0.25, 0.3) is 0 Å². The molecule has 9 heteroatoms. The summed E-state index contributed by atoms with van der Waals surface area (Å²) < 4.78 is 23.4. The van der Waals surface area contributed by atoms with Gasteiger partial charge in [-0.2, -0.15) is 0 Å². The Labute approximate surface area is 239 Å². The number of hydrogen-bond acceptors (Lipinski definition) is 5. The summed E-state index contributed by atoms with van der Waals surface area (Å²) in [5.74, 6) is 0.640. The highest BCUT2D eigenvalue weighted by Crippen LogP contribution is 2.42. The number of piperidine rings is 1. The minimum absolute atomic E-state index is 0. The first kappa shape index (κ1) is 31.1. The number of halogens is 1. The number of carbonyl (C=O) groups is 2. The molecule has 2 aromatic carbocycles. The van der Waals surface area contributed by atoms with E-state index in [1.807, 2.05) is 23.1 Å². The van der Waals surface area contributed by atoms with Crippen molar-refractivity contribution in [2.75, 3.05) is 32.4 Å². The normalized spacial score (nSPS) is 18.3. The summed E-state index contributed by atoms with van der Waals surface area (Å²) in [4.78, 5) is 30.6. The van der Waals surface area contributed by atoms with Crippen LogP contribution in [0.5, 0.6) is 0 Å². The van der Waals surface area contributed by atoms with Crippen LogP contribution in [0.15, 0.2) is 59.5 Å². The average molecular weight is 576 g/mol. The van der Waals surface area contributed by atoms with Crippen molar-refractivity contribution >= 4 is 34.1 Å². The molecule has 2 aromatic rings. The summed E-state index contributed by atoms with van der Waals surface area (Å²) in [6.45, 7) is 8.01. The van der Waals surface area contributed by atoms with Crippen molar-refractivity contribution in [3.63, 3.8) is 0 Å². The Kier molecular flexibility index (Phi) is 10.6. The van der Waals surface area contributed by atoms with Crippen molar-refractivity contribution in [2.45, 2.75) is 63.4 Å². The molecule has 4 rings (SSSR count). The number of amides is 2. The minimum Gasteiger partial charge on any atom is -0.349 e. The molecule has 39 heavy (non-hydrogen) atoms. The number of rotatable bonds is 10. The molecule has 0 aromatic heterocycles. The van der Waals surface area contributed by atoms with Crippen LogP contribution in [0.25, 0.3) is 0 Å². The first-order valence-electron chi connectivity index (χ1n) is 13.7. The highest BCUT2D eigenvalue weighted by atomic mass is 35.5. The number of benzene rings is 2. The number of carbonyl (C=O) groups excluding carboxylic acids is 2. The second-order valence-corrected chi connectivity index (χ2v) is 13.4. The van der Waals surface area contributed by atoms with Crippen LogP contribution in [0.4, 0.5) is 0 Å². The lowest BCUT2D eigenvalue weighted by atomic mass is 9.77. The standard InChI is InChI=1S/C30H41N3O4S.ClH/c1-23(2)21-28(34)31-27(25-7-5-4-6-8-25)13-17-32-18-14-30(15-19-32)16-20-33(29(30)35)22-24-9-11-26(12-10-24)38(3,36)37;/h4-12,23,27H,13-22H2,1-3H3,(H,31,34);1H. The molecule has 1 spiro atoms. The number of sulfone groups is 1. The molecule has 1 unspecified atom stereocenters. The maximum Gasteiger partial charge on any atom is 0.229 e. The molecule has 2 heterocycles. The van der Waals surface area contributed by atoms with E-state index < -0.39 is 9.84 Å². The van der Waals surface area contributed by atoms with Crippen LogP contribution in [-0.4, -0.2) is 62.5 Å². The average Bonchev–Trinajstić information content (AvgIpc) is 3.17. The number of likely N-dealkylation sites (tertiary alicyclic amines) is 2. The van der Waals surface area contributed by atoms with Crippen molar-refractivity contribution in [3.05, 3.63) is 65.7 Å². The zero-order valence-corrected chi connectivity index (χ0v) is 24.9. The quantitative estimate of drug-likeness (QED) is 0.447. The van der Waals surface area contributed by atoms with E-state index in [9.17, 15) is 18.0 Å². The topological polar surface area (TPSA) is 86.8 Å². The third kappa shape index (κ3) is 8.05. The number of nitrogens with zero attached hydrogens (tertiary/aromatic N) is 2. The molecule has 2 amide bonds. The van der Waals surface area contributed by atoms with Gasteiger partial charge in [0.15, 0.2) is 9.84 Å². The smallest absolute Gasteiger partial charge is 0.229 e. The second-order valence-electron chi connectivity index (χ2n) is 11.4. The lowest BCUT2D eigenvalue weighted by Crippen LogP contribution is -2.45. The van der Waals surface area contributed by atoms with Crippen LogP contribution in [0.2, 0.25) is 0 Å². The van der Waals surface area contributed by atoms with E-state index in [4.69, 9.17) is 0 Å². The molecule has 2 aliphatic rings. The van der Waals surface area contributed by atoms with E-state index in [0.717, 1.165) is 63.0 Å². The zero-order chi connectivity index (χ0) is 27.3. The lowest BCUT2D eigenvalue weighted by Gasteiger charge is -2.38. The molecule has 7 nitrogen and oxygen atoms in total. The Morgan fingerprint density at radius 3 is 2.18 bits per heavy atom. The zero-order valence-electron chi connectivity index (χ0n) is 23.3. The van der Waals surface area contributed by atoms with Gasteiger partial charge in [-0.3, -0.25) is 9.59 Å². The van der Waals surface area contributed by atoms with E-state index in [1.54, 1.807) is 24.3 Å². The summed E-state index contributed by atoms with van der Waals surface area (Å²) in [5, 5.41) is 3.24. The molecule has 0 saturated carbocycles. The summed E-state index contributed by atoms with van der Waals surface area (Å²) in [5.41, 5.74) is 1.80. The molecule has 1 N–H and O–H groups in total. The Bertz CT molecular complexity index is 1210. The SMILES string of the molecule is CC(C)CC(=O)NC(CCN1CCC2(CC1)CCN(Cc1ccc(S(C)(=O)=O)cc1)C2=O)c1ccccc1.Cl. The van der Waals surface area contributed by atoms with Gasteiger partial charge >= 0.3 is 0 Å². The van der Waals surface area contributed by atoms with Crippen molar-refractivity contribution in [1.29, 1.82) is 0 Å². The Morgan fingerprint density at radius 1 is 0.974 bits per heavy atom. The number of hydrogen-bond donors (Lipinski definition) is 1. The van der Waals surface area contributed by atoms with Gasteiger partial charge in [0.2, 0.25) is 11.8 Å². The number of nitrogens with one attached hydrogen (secondary N) is 1. The predicted octanol–water partition coefficient (Wildman–Crippen LogP) is 4.62. The van der Waals surface area contributed by atoms with Gasteiger partial charge in [0, 0.05) is 32.3 Å². The van der Waals surface area contributed by atoms with Gasteiger partial charge in [-0.25, -0.2) is 8.42 Å². The van der Waals surface area contributed by atoms with E-state index in [0.29, 0.717) is 23.8 Å². The maximum atomic E-state index is 13.4. The van der Waals surface area contributed by atoms with Crippen molar-refractivity contribution in [3.8, 4) is 0 Å². The Hall–Kier alpha value is -2.42. The van der Waals surface area contributed by atoms with Crippen molar-refractivity contribution in [1.82, 2.24) is 15.1 Å². The van der Waals surface area contributed by atoms with Crippen LogP contribution in [0, 0.1) is 11.3 Å². The molecule has 1 atom stereocenters. The molecule has 2 fully saturated rings. The van der Waals surface area contributed by atoms with Crippen LogP contribution < -0.4 is 5.32 Å². The minimum atomic E-state index is -3.23. The van der Waals surface area contributed by atoms with Crippen molar-refractivity contribution < 1.29 is 18.0 Å². The third-order valence-corrected chi connectivity index (χ3v) is 9.13. The van der Waals surface area contributed by atoms with Gasteiger partial charge in [-0.05, 0) is 68.0 Å².